The van der Waals surface area contributed by atoms with E-state index in [1.54, 1.807) is 7.05 Å². The Labute approximate surface area is 101 Å². The fourth-order valence-electron chi connectivity index (χ4n) is 2.27. The van der Waals surface area contributed by atoms with E-state index in [1.807, 2.05) is 0 Å². The van der Waals surface area contributed by atoms with E-state index in [0.717, 1.165) is 43.7 Å². The van der Waals surface area contributed by atoms with Gasteiger partial charge in [-0.3, -0.25) is 4.90 Å². The Hall–Kier alpha value is -0.680. The topological polar surface area (TPSA) is 46.8 Å². The molecule has 2 heterocycles. The molecule has 0 N–H and O–H groups in total. The van der Waals surface area contributed by atoms with Gasteiger partial charge in [-0.25, -0.2) is 0 Å². The van der Waals surface area contributed by atoms with E-state index in [2.05, 4.69) is 20.3 Å². The molecule has 0 amide bonds. The summed E-state index contributed by atoms with van der Waals surface area (Å²) in [6.45, 7) is 3.06. The number of alkyl halides is 1. The van der Waals surface area contributed by atoms with Gasteiger partial charge in [0.25, 0.3) is 0 Å². The van der Waals surface area contributed by atoms with Crippen molar-refractivity contribution in [1.29, 1.82) is 0 Å². The van der Waals surface area contributed by atoms with Gasteiger partial charge in [-0.05, 0) is 36.9 Å². The lowest BCUT2D eigenvalue weighted by molar-refractivity contribution is 0.161. The quantitative estimate of drug-likeness (QED) is 0.742. The van der Waals surface area contributed by atoms with Gasteiger partial charge in [0.15, 0.2) is 5.82 Å². The molecule has 1 unspecified atom stereocenters. The first kappa shape index (κ1) is 11.8. The van der Waals surface area contributed by atoms with Crippen molar-refractivity contribution in [3.63, 3.8) is 0 Å². The zero-order valence-corrected chi connectivity index (χ0v) is 10.4. The van der Waals surface area contributed by atoms with Crippen LogP contribution in [0.5, 0.6) is 0 Å². The molecule has 1 aliphatic heterocycles. The van der Waals surface area contributed by atoms with Gasteiger partial charge in [0.05, 0.1) is 13.6 Å². The second kappa shape index (κ2) is 5.59. The highest BCUT2D eigenvalue weighted by molar-refractivity contribution is 6.17. The van der Waals surface area contributed by atoms with Gasteiger partial charge in [-0.15, -0.1) is 21.8 Å². The molecule has 6 heteroatoms. The number of halogens is 1. The van der Waals surface area contributed by atoms with E-state index in [9.17, 15) is 0 Å². The molecule has 90 valence electrons. The Morgan fingerprint density at radius 2 is 2.38 bits per heavy atom. The molecule has 0 spiro atoms. The first-order valence-corrected chi connectivity index (χ1v) is 6.32. The lowest BCUT2D eigenvalue weighted by atomic mass is 9.96. The van der Waals surface area contributed by atoms with Gasteiger partial charge in [-0.2, -0.15) is 4.80 Å². The molecule has 5 nitrogen and oxygen atoms in total. The maximum atomic E-state index is 5.79. The van der Waals surface area contributed by atoms with E-state index < -0.39 is 0 Å². The maximum absolute atomic E-state index is 5.79. The normalized spacial score (nSPS) is 22.5. The minimum atomic E-state index is 0.739. The third-order valence-electron chi connectivity index (χ3n) is 3.04. The van der Waals surface area contributed by atoms with Crippen molar-refractivity contribution in [3.05, 3.63) is 5.82 Å². The number of tetrazole rings is 1. The van der Waals surface area contributed by atoms with Crippen molar-refractivity contribution in [2.75, 3.05) is 19.0 Å². The number of piperidine rings is 1. The fraction of sp³-hybridized carbons (Fsp3) is 0.900. The predicted molar refractivity (Wildman–Crippen MR) is 62.1 cm³/mol. The number of hydrogen-bond donors (Lipinski definition) is 0. The monoisotopic (exact) mass is 243 g/mol. The van der Waals surface area contributed by atoms with Crippen LogP contribution in [0.25, 0.3) is 0 Å². The van der Waals surface area contributed by atoms with E-state index in [4.69, 9.17) is 11.6 Å². The maximum Gasteiger partial charge on any atom is 0.188 e. The summed E-state index contributed by atoms with van der Waals surface area (Å²) in [5.41, 5.74) is 0. The number of nitrogens with zero attached hydrogens (tertiary/aromatic N) is 5. The summed E-state index contributed by atoms with van der Waals surface area (Å²) in [6.07, 6.45) is 3.67. The Morgan fingerprint density at radius 3 is 3.06 bits per heavy atom. The highest BCUT2D eigenvalue weighted by Gasteiger charge is 2.20. The van der Waals surface area contributed by atoms with Crippen molar-refractivity contribution in [1.82, 2.24) is 25.1 Å². The molecule has 0 aromatic carbocycles. The second-order valence-corrected chi connectivity index (χ2v) is 4.79. The fourth-order valence-corrected chi connectivity index (χ4v) is 2.58. The van der Waals surface area contributed by atoms with Crippen molar-refractivity contribution >= 4 is 11.6 Å². The van der Waals surface area contributed by atoms with E-state index in [0.29, 0.717) is 0 Å². The lowest BCUT2D eigenvalue weighted by Gasteiger charge is -2.31. The van der Waals surface area contributed by atoms with Crippen molar-refractivity contribution in [3.8, 4) is 0 Å². The van der Waals surface area contributed by atoms with Crippen LogP contribution < -0.4 is 0 Å². The van der Waals surface area contributed by atoms with Crippen LogP contribution in [0, 0.1) is 5.92 Å². The van der Waals surface area contributed by atoms with Crippen molar-refractivity contribution in [2.24, 2.45) is 13.0 Å². The highest BCUT2D eigenvalue weighted by Crippen LogP contribution is 2.20. The highest BCUT2D eigenvalue weighted by atomic mass is 35.5. The van der Waals surface area contributed by atoms with Crippen molar-refractivity contribution in [2.45, 2.75) is 25.8 Å². The van der Waals surface area contributed by atoms with Gasteiger partial charge >= 0.3 is 0 Å². The molecule has 1 fully saturated rings. The Balaban J connectivity index is 1.85. The first-order valence-electron chi connectivity index (χ1n) is 5.79. The molecular weight excluding hydrogens is 226 g/mol. The summed E-state index contributed by atoms with van der Waals surface area (Å²) in [6, 6.07) is 0. The van der Waals surface area contributed by atoms with Gasteiger partial charge in [0, 0.05) is 12.4 Å². The van der Waals surface area contributed by atoms with Crippen molar-refractivity contribution < 1.29 is 0 Å². The van der Waals surface area contributed by atoms with Crippen LogP contribution in [-0.4, -0.2) is 44.1 Å². The Kier molecular flexibility index (Phi) is 4.12. The summed E-state index contributed by atoms with van der Waals surface area (Å²) >= 11 is 5.79. The van der Waals surface area contributed by atoms with E-state index in [-0.39, 0.29) is 0 Å². The number of hydrogen-bond acceptors (Lipinski definition) is 4. The number of aromatic nitrogens is 4. The molecule has 1 aromatic rings. The standard InChI is InChI=1S/C10H18ClN5/c1-15-13-10(12-14-15)8-16-6-2-3-9(7-16)4-5-11/h9H,2-8H2,1H3. The summed E-state index contributed by atoms with van der Waals surface area (Å²) in [7, 11) is 1.79. The number of aryl methyl sites for hydroxylation is 1. The van der Waals surface area contributed by atoms with E-state index >= 15 is 0 Å². The van der Waals surface area contributed by atoms with Gasteiger partial charge < -0.3 is 0 Å². The summed E-state index contributed by atoms with van der Waals surface area (Å²) in [5, 5.41) is 12.1. The van der Waals surface area contributed by atoms with Crippen LogP contribution in [-0.2, 0) is 13.6 Å². The molecular formula is C10H18ClN5. The summed E-state index contributed by atoms with van der Waals surface area (Å²) in [4.78, 5) is 3.91. The molecule has 1 atom stereocenters. The van der Waals surface area contributed by atoms with Gasteiger partial charge in [-0.1, -0.05) is 0 Å². The van der Waals surface area contributed by atoms with Crippen LogP contribution in [0.15, 0.2) is 0 Å². The molecule has 1 saturated heterocycles. The Bertz CT molecular complexity index is 325. The molecule has 1 aromatic heterocycles. The van der Waals surface area contributed by atoms with Crippen LogP contribution in [0.4, 0.5) is 0 Å². The SMILES string of the molecule is Cn1nnc(CN2CCCC(CCCl)C2)n1. The largest absolute Gasteiger partial charge is 0.296 e. The minimum Gasteiger partial charge on any atom is -0.296 e. The van der Waals surface area contributed by atoms with Crippen LogP contribution in [0.1, 0.15) is 25.1 Å². The number of rotatable bonds is 4. The average molecular weight is 244 g/mol. The molecule has 0 radical (unpaired) electrons. The number of likely N-dealkylation sites (tertiary alicyclic amines) is 1. The zero-order valence-electron chi connectivity index (χ0n) is 9.64. The molecule has 0 aliphatic carbocycles. The lowest BCUT2D eigenvalue weighted by Crippen LogP contribution is -2.35. The van der Waals surface area contributed by atoms with E-state index in [1.165, 1.54) is 17.6 Å². The smallest absolute Gasteiger partial charge is 0.188 e. The molecule has 2 rings (SSSR count). The van der Waals surface area contributed by atoms with Gasteiger partial charge in [0.2, 0.25) is 0 Å². The summed E-state index contributed by atoms with van der Waals surface area (Å²) in [5.74, 6) is 2.32. The molecule has 0 bridgehead atoms. The molecule has 1 aliphatic rings. The average Bonchev–Trinajstić information content (AvgIpc) is 2.65. The van der Waals surface area contributed by atoms with Crippen LogP contribution in [0.3, 0.4) is 0 Å². The third-order valence-corrected chi connectivity index (χ3v) is 3.25. The first-order chi connectivity index (χ1) is 7.78. The van der Waals surface area contributed by atoms with Crippen LogP contribution >= 0.6 is 11.6 Å². The molecule has 16 heavy (non-hydrogen) atoms. The third kappa shape index (κ3) is 3.15. The molecule has 0 saturated carbocycles. The predicted octanol–water partition coefficient (Wildman–Crippen LogP) is 1.05. The van der Waals surface area contributed by atoms with Gasteiger partial charge in [0.1, 0.15) is 0 Å². The Morgan fingerprint density at radius 1 is 1.50 bits per heavy atom. The minimum absolute atomic E-state index is 0.739. The van der Waals surface area contributed by atoms with Crippen LogP contribution in [0.2, 0.25) is 0 Å². The second-order valence-electron chi connectivity index (χ2n) is 4.42. The summed E-state index contributed by atoms with van der Waals surface area (Å²) < 4.78 is 0. The zero-order chi connectivity index (χ0) is 11.4.